The van der Waals surface area contributed by atoms with Crippen molar-refractivity contribution in [3.05, 3.63) is 23.5 Å². The van der Waals surface area contributed by atoms with Gasteiger partial charge in [0.1, 0.15) is 0 Å². The number of alkyl halides is 1. The molecule has 0 saturated heterocycles. The van der Waals surface area contributed by atoms with Crippen LogP contribution in [0.15, 0.2) is 17.8 Å². The molecule has 19 heavy (non-hydrogen) atoms. The van der Waals surface area contributed by atoms with Crippen LogP contribution in [0.4, 0.5) is 0 Å². The quantitative estimate of drug-likeness (QED) is 0.743. The van der Waals surface area contributed by atoms with Crippen molar-refractivity contribution >= 4 is 27.9 Å². The van der Waals surface area contributed by atoms with E-state index in [2.05, 4.69) is 29.1 Å². The van der Waals surface area contributed by atoms with Gasteiger partial charge in [0.05, 0.1) is 5.69 Å². The maximum absolute atomic E-state index is 6.54. The average molecular weight is 297 g/mol. The summed E-state index contributed by atoms with van der Waals surface area (Å²) in [6.07, 6.45) is 11.7. The molecule has 1 saturated carbocycles. The van der Waals surface area contributed by atoms with Crippen LogP contribution in [-0.2, 0) is 6.42 Å². The van der Waals surface area contributed by atoms with Crippen LogP contribution in [0.5, 0.6) is 0 Å². The molecule has 0 amide bonds. The number of aromatic nitrogens is 2. The maximum Gasteiger partial charge on any atom is 0.193 e. The first-order chi connectivity index (χ1) is 9.26. The van der Waals surface area contributed by atoms with Crippen LogP contribution in [0.2, 0.25) is 0 Å². The van der Waals surface area contributed by atoms with E-state index in [-0.39, 0.29) is 0 Å². The highest BCUT2D eigenvalue weighted by molar-refractivity contribution is 7.15. The zero-order chi connectivity index (χ0) is 13.2. The fourth-order valence-corrected chi connectivity index (χ4v) is 4.39. The predicted octanol–water partition coefficient (Wildman–Crippen LogP) is 4.76. The van der Waals surface area contributed by atoms with E-state index in [9.17, 15) is 0 Å². The van der Waals surface area contributed by atoms with Gasteiger partial charge in [-0.15, -0.1) is 22.9 Å². The highest BCUT2D eigenvalue weighted by Crippen LogP contribution is 2.36. The standard InChI is InChI=1S/C15H21ClN2S/c1-2-3-11-4-5-14(16)12(8-11)9-13-10-18-6-7-19-15(18)17-13/h6-7,10-12,14H,2-5,8-9H2,1H3. The normalized spacial score (nSPS) is 28.0. The zero-order valence-electron chi connectivity index (χ0n) is 11.4. The van der Waals surface area contributed by atoms with Crippen molar-refractivity contribution in [3.8, 4) is 0 Å². The number of hydrogen-bond acceptors (Lipinski definition) is 2. The zero-order valence-corrected chi connectivity index (χ0v) is 13.0. The Kier molecular flexibility index (Phi) is 4.13. The van der Waals surface area contributed by atoms with Crippen LogP contribution in [0, 0.1) is 11.8 Å². The van der Waals surface area contributed by atoms with Gasteiger partial charge < -0.3 is 0 Å². The molecular weight excluding hydrogens is 276 g/mol. The van der Waals surface area contributed by atoms with Gasteiger partial charge in [-0.25, -0.2) is 4.98 Å². The van der Waals surface area contributed by atoms with Crippen molar-refractivity contribution < 1.29 is 0 Å². The van der Waals surface area contributed by atoms with Gasteiger partial charge in [0.15, 0.2) is 4.96 Å². The fourth-order valence-electron chi connectivity index (χ4n) is 3.35. The van der Waals surface area contributed by atoms with E-state index in [1.165, 1.54) is 37.8 Å². The minimum absolute atomic E-state index is 0.341. The molecule has 0 radical (unpaired) electrons. The monoisotopic (exact) mass is 296 g/mol. The van der Waals surface area contributed by atoms with E-state index in [0.29, 0.717) is 11.3 Å². The second kappa shape index (κ2) is 5.84. The van der Waals surface area contributed by atoms with Crippen LogP contribution in [0.25, 0.3) is 4.96 Å². The van der Waals surface area contributed by atoms with Crippen LogP contribution >= 0.6 is 22.9 Å². The second-order valence-electron chi connectivity index (χ2n) is 5.77. The third kappa shape index (κ3) is 2.97. The van der Waals surface area contributed by atoms with Gasteiger partial charge in [0, 0.05) is 23.2 Å². The first-order valence-corrected chi connectivity index (χ1v) is 8.63. The Morgan fingerprint density at radius 1 is 1.47 bits per heavy atom. The Bertz CT molecular complexity index is 504. The van der Waals surface area contributed by atoms with Crippen LogP contribution in [0.3, 0.4) is 0 Å². The fraction of sp³-hybridized carbons (Fsp3) is 0.667. The number of fused-ring (bicyclic) bond motifs is 1. The predicted molar refractivity (Wildman–Crippen MR) is 82.2 cm³/mol. The van der Waals surface area contributed by atoms with Gasteiger partial charge in [-0.3, -0.25) is 4.40 Å². The number of imidazole rings is 1. The van der Waals surface area contributed by atoms with Crippen LogP contribution in [-0.4, -0.2) is 14.8 Å². The number of halogens is 1. The van der Waals surface area contributed by atoms with Crippen LogP contribution in [0.1, 0.15) is 44.7 Å². The molecular formula is C15H21ClN2S. The highest BCUT2D eigenvalue weighted by atomic mass is 35.5. The lowest BCUT2D eigenvalue weighted by Gasteiger charge is -2.32. The average Bonchev–Trinajstić information content (AvgIpc) is 2.94. The first kappa shape index (κ1) is 13.4. The summed E-state index contributed by atoms with van der Waals surface area (Å²) in [5.74, 6) is 1.49. The number of nitrogens with zero attached hydrogens (tertiary/aromatic N) is 2. The summed E-state index contributed by atoms with van der Waals surface area (Å²) in [5.41, 5.74) is 1.21. The molecule has 2 heterocycles. The third-order valence-electron chi connectivity index (χ3n) is 4.31. The Morgan fingerprint density at radius 3 is 3.16 bits per heavy atom. The SMILES string of the molecule is CCCC1CCC(Cl)C(Cc2cn3ccsc3n2)C1. The van der Waals surface area contributed by atoms with E-state index in [0.717, 1.165) is 17.3 Å². The molecule has 3 unspecified atom stereocenters. The molecule has 0 aliphatic heterocycles. The molecule has 0 aromatic carbocycles. The van der Waals surface area contributed by atoms with E-state index < -0.39 is 0 Å². The summed E-state index contributed by atoms with van der Waals surface area (Å²) in [6.45, 7) is 2.28. The maximum atomic E-state index is 6.54. The molecule has 1 aliphatic carbocycles. The molecule has 2 nitrogen and oxygen atoms in total. The van der Waals surface area contributed by atoms with Gasteiger partial charge in [-0.05, 0) is 37.5 Å². The molecule has 0 bridgehead atoms. The highest BCUT2D eigenvalue weighted by Gasteiger charge is 2.29. The largest absolute Gasteiger partial charge is 0.297 e. The molecule has 1 fully saturated rings. The molecule has 0 spiro atoms. The molecule has 3 rings (SSSR count). The summed E-state index contributed by atoms with van der Waals surface area (Å²) in [7, 11) is 0. The Labute approximate surface area is 123 Å². The van der Waals surface area contributed by atoms with E-state index >= 15 is 0 Å². The van der Waals surface area contributed by atoms with E-state index in [4.69, 9.17) is 16.6 Å². The first-order valence-electron chi connectivity index (χ1n) is 7.31. The summed E-state index contributed by atoms with van der Waals surface area (Å²) in [6, 6.07) is 0. The van der Waals surface area contributed by atoms with Crippen molar-refractivity contribution in [2.24, 2.45) is 11.8 Å². The van der Waals surface area contributed by atoms with Crippen molar-refractivity contribution in [3.63, 3.8) is 0 Å². The number of thiazole rings is 1. The van der Waals surface area contributed by atoms with Crippen molar-refractivity contribution in [2.45, 2.75) is 50.8 Å². The van der Waals surface area contributed by atoms with Gasteiger partial charge in [0.25, 0.3) is 0 Å². The summed E-state index contributed by atoms with van der Waals surface area (Å²) < 4.78 is 2.12. The van der Waals surface area contributed by atoms with Gasteiger partial charge in [-0.2, -0.15) is 0 Å². The summed E-state index contributed by atoms with van der Waals surface area (Å²) in [5, 5.41) is 2.42. The lowest BCUT2D eigenvalue weighted by atomic mass is 9.77. The lowest BCUT2D eigenvalue weighted by Crippen LogP contribution is -2.27. The molecule has 2 aromatic heterocycles. The minimum Gasteiger partial charge on any atom is -0.297 e. The third-order valence-corrected chi connectivity index (χ3v) is 5.65. The van der Waals surface area contributed by atoms with Crippen molar-refractivity contribution in [2.75, 3.05) is 0 Å². The van der Waals surface area contributed by atoms with E-state index in [1.54, 1.807) is 11.3 Å². The minimum atomic E-state index is 0.341. The molecule has 3 atom stereocenters. The van der Waals surface area contributed by atoms with Crippen LogP contribution < -0.4 is 0 Å². The second-order valence-corrected chi connectivity index (χ2v) is 7.21. The van der Waals surface area contributed by atoms with E-state index in [1.807, 2.05) is 0 Å². The smallest absolute Gasteiger partial charge is 0.193 e. The Balaban J connectivity index is 1.68. The molecule has 104 valence electrons. The van der Waals surface area contributed by atoms with Gasteiger partial charge >= 0.3 is 0 Å². The summed E-state index contributed by atoms with van der Waals surface area (Å²) in [4.78, 5) is 5.79. The molecule has 4 heteroatoms. The molecule has 0 N–H and O–H groups in total. The van der Waals surface area contributed by atoms with Crippen molar-refractivity contribution in [1.82, 2.24) is 9.38 Å². The molecule has 2 aromatic rings. The molecule has 1 aliphatic rings. The van der Waals surface area contributed by atoms with Gasteiger partial charge in [0.2, 0.25) is 0 Å². The van der Waals surface area contributed by atoms with Crippen molar-refractivity contribution in [1.29, 1.82) is 0 Å². The summed E-state index contributed by atoms with van der Waals surface area (Å²) >= 11 is 8.24. The lowest BCUT2D eigenvalue weighted by molar-refractivity contribution is 0.256. The number of hydrogen-bond donors (Lipinski definition) is 0. The van der Waals surface area contributed by atoms with Gasteiger partial charge in [-0.1, -0.05) is 19.8 Å². The number of rotatable bonds is 4. The Hall–Kier alpha value is -0.540. The topological polar surface area (TPSA) is 17.3 Å². The Morgan fingerprint density at radius 2 is 2.37 bits per heavy atom.